The summed E-state index contributed by atoms with van der Waals surface area (Å²) in [6.45, 7) is 0. The lowest BCUT2D eigenvalue weighted by Crippen LogP contribution is -2.36. The quantitative estimate of drug-likeness (QED) is 0.515. The van der Waals surface area contributed by atoms with Gasteiger partial charge in [0.25, 0.3) is 0 Å². The third kappa shape index (κ3) is 1.35. The van der Waals surface area contributed by atoms with Gasteiger partial charge in [-0.25, -0.2) is 9.52 Å². The van der Waals surface area contributed by atoms with Crippen molar-refractivity contribution in [1.82, 2.24) is 4.72 Å². The van der Waals surface area contributed by atoms with Crippen LogP contribution in [0.15, 0.2) is 29.2 Å². The van der Waals surface area contributed by atoms with Gasteiger partial charge in [0.2, 0.25) is 0 Å². The van der Waals surface area contributed by atoms with Gasteiger partial charge in [-0.2, -0.15) is 0 Å². The third-order valence-corrected chi connectivity index (χ3v) is 3.12. The normalized spacial score (nSPS) is 20.9. The summed E-state index contributed by atoms with van der Waals surface area (Å²) >= 11 is 0. The van der Waals surface area contributed by atoms with Crippen LogP contribution in [0.2, 0.25) is 0 Å². The Kier molecular flexibility index (Phi) is 1.69. The number of carbonyl (C=O) groups excluding carboxylic acids is 1. The van der Waals surface area contributed by atoms with E-state index in [4.69, 9.17) is 0 Å². The van der Waals surface area contributed by atoms with Crippen molar-refractivity contribution in [3.63, 3.8) is 0 Å². The molecule has 0 aromatic heterocycles. The Labute approximate surface area is 76.3 Å². The van der Waals surface area contributed by atoms with E-state index < -0.39 is 16.8 Å². The fraction of sp³-hybridized carbons (Fsp3) is 0. The number of urea groups is 1. The molecule has 5 nitrogen and oxygen atoms in total. The van der Waals surface area contributed by atoms with Gasteiger partial charge in [-0.05, 0) is 12.1 Å². The van der Waals surface area contributed by atoms with E-state index in [2.05, 4.69) is 10.0 Å². The lowest BCUT2D eigenvalue weighted by atomic mass is 10.3. The average molecular weight is 200 g/mol. The maximum absolute atomic E-state index is 10.9. The molecule has 0 spiro atoms. The molecule has 70 valence electrons. The predicted molar refractivity (Wildman–Crippen MR) is 49.7 cm³/mol. The Morgan fingerprint density at radius 1 is 1.23 bits per heavy atom. The number of benzene rings is 1. The van der Waals surface area contributed by atoms with E-state index >= 15 is 0 Å². The molecule has 2 rings (SSSR count). The van der Waals surface area contributed by atoms with Gasteiger partial charge in [0.15, 0.2) is 0 Å². The number of rotatable bonds is 0. The average Bonchev–Trinajstić information content (AvgIpc) is 2.02. The fourth-order valence-electron chi connectivity index (χ4n) is 1.15. The van der Waals surface area contributed by atoms with Crippen LogP contribution in [0.4, 0.5) is 10.5 Å². The minimum atomic E-state index is -3.15. The van der Waals surface area contributed by atoms with E-state index in [9.17, 15) is 13.9 Å². The van der Waals surface area contributed by atoms with E-state index in [1.165, 1.54) is 0 Å². The van der Waals surface area contributed by atoms with Crippen molar-refractivity contribution in [1.29, 1.82) is 0 Å². The van der Waals surface area contributed by atoms with Gasteiger partial charge < -0.3 is 5.32 Å². The Morgan fingerprint density at radius 2 is 1.92 bits per heavy atom. The van der Waals surface area contributed by atoms with Gasteiger partial charge in [0, 0.05) is 0 Å². The number of carbonyl (C=O) groups is 1. The largest absolute Gasteiger partial charge is 0.337 e. The molecule has 0 saturated carbocycles. The summed E-state index contributed by atoms with van der Waals surface area (Å²) in [6.07, 6.45) is 0. The van der Waals surface area contributed by atoms with Gasteiger partial charge in [-0.3, -0.25) is 9.11 Å². The van der Waals surface area contributed by atoms with Crippen LogP contribution in [0, 0.1) is 0 Å². The number of nitrogens with one attached hydrogen (secondary N) is 2. The number of para-hydroxylation sites is 1. The first kappa shape index (κ1) is 8.36. The predicted octanol–water partition coefficient (Wildman–Crippen LogP) is 1.85. The molecule has 0 aliphatic carbocycles. The molecule has 1 aliphatic heterocycles. The molecule has 1 aromatic carbocycles. The van der Waals surface area contributed by atoms with Crippen molar-refractivity contribution in [2.75, 3.05) is 5.32 Å². The number of anilines is 1. The second-order valence-corrected chi connectivity index (χ2v) is 4.34. The van der Waals surface area contributed by atoms with Crippen LogP contribution < -0.4 is 10.0 Å². The van der Waals surface area contributed by atoms with Crippen molar-refractivity contribution in [2.24, 2.45) is 0 Å². The van der Waals surface area contributed by atoms with Gasteiger partial charge in [0.05, 0.1) is 5.69 Å². The number of hydrogen-bond acceptors (Lipinski definition) is 3. The highest BCUT2D eigenvalue weighted by Crippen LogP contribution is 2.49. The number of amides is 2. The highest BCUT2D eigenvalue weighted by atomic mass is 32.3. The first-order chi connectivity index (χ1) is 6.09. The molecule has 0 fully saturated rings. The van der Waals surface area contributed by atoms with Crippen LogP contribution in [0.5, 0.6) is 0 Å². The van der Waals surface area contributed by atoms with Crippen LogP contribution in [-0.4, -0.2) is 15.1 Å². The first-order valence-corrected chi connectivity index (χ1v) is 5.10. The van der Waals surface area contributed by atoms with Crippen molar-refractivity contribution < 1.29 is 13.9 Å². The summed E-state index contributed by atoms with van der Waals surface area (Å²) in [5, 5.41) is 2.47. The third-order valence-electron chi connectivity index (χ3n) is 1.68. The molecule has 1 aliphatic rings. The summed E-state index contributed by atoms with van der Waals surface area (Å²) in [6, 6.07) is 5.95. The maximum atomic E-state index is 10.9. The van der Waals surface area contributed by atoms with Crippen LogP contribution in [0.3, 0.4) is 0 Å². The summed E-state index contributed by atoms with van der Waals surface area (Å²) in [5.41, 5.74) is 0.436. The zero-order chi connectivity index (χ0) is 9.47. The monoisotopic (exact) mass is 200 g/mol. The molecular formula is C7H8N2O3S. The van der Waals surface area contributed by atoms with Crippen LogP contribution in [-0.2, 0) is 0 Å². The van der Waals surface area contributed by atoms with Crippen molar-refractivity contribution in [2.45, 2.75) is 4.90 Å². The van der Waals surface area contributed by atoms with Crippen molar-refractivity contribution in [3.05, 3.63) is 24.3 Å². The molecule has 0 atom stereocenters. The molecule has 1 heterocycles. The van der Waals surface area contributed by atoms with Crippen LogP contribution in [0.25, 0.3) is 0 Å². The molecular weight excluding hydrogens is 192 g/mol. The van der Waals surface area contributed by atoms with Crippen molar-refractivity contribution in [3.8, 4) is 0 Å². The highest BCUT2D eigenvalue weighted by Gasteiger charge is 2.27. The number of hydrogen-bond donors (Lipinski definition) is 4. The molecule has 2 amide bonds. The summed E-state index contributed by atoms with van der Waals surface area (Å²) in [4.78, 5) is 11.2. The van der Waals surface area contributed by atoms with Crippen LogP contribution in [0.1, 0.15) is 0 Å². The standard InChI is InChI=1S/C7H8N2O3S/c10-7-8-5-3-1-2-4-6(5)13(11,12)9-7/h1-4,11-12H,(H2,8,9,10). The van der Waals surface area contributed by atoms with Gasteiger partial charge >= 0.3 is 6.03 Å². The smallest absolute Gasteiger partial charge is 0.305 e. The summed E-state index contributed by atoms with van der Waals surface area (Å²) in [7, 11) is -3.15. The SMILES string of the molecule is O=C1Nc2ccccc2S(O)(O)N1. The Balaban J connectivity index is 2.56. The van der Waals surface area contributed by atoms with Gasteiger partial charge in [0.1, 0.15) is 4.90 Å². The highest BCUT2D eigenvalue weighted by molar-refractivity contribution is 8.23. The summed E-state index contributed by atoms with van der Waals surface area (Å²) < 4.78 is 21.0. The molecule has 0 saturated heterocycles. The van der Waals surface area contributed by atoms with Crippen molar-refractivity contribution >= 4 is 22.5 Å². The second kappa shape index (κ2) is 2.63. The maximum Gasteiger partial charge on any atom is 0.337 e. The van der Waals surface area contributed by atoms with E-state index in [0.717, 1.165) is 0 Å². The fourth-order valence-corrected chi connectivity index (χ4v) is 2.26. The Hall–Kier alpha value is -1.24. The van der Waals surface area contributed by atoms with Gasteiger partial charge in [-0.1, -0.05) is 22.9 Å². The minimum Gasteiger partial charge on any atom is -0.305 e. The summed E-state index contributed by atoms with van der Waals surface area (Å²) in [5.74, 6) is 0. The van der Waals surface area contributed by atoms with E-state index in [1.54, 1.807) is 24.3 Å². The molecule has 0 radical (unpaired) electrons. The zero-order valence-electron chi connectivity index (χ0n) is 6.52. The van der Waals surface area contributed by atoms with E-state index in [-0.39, 0.29) is 0 Å². The molecule has 1 aromatic rings. The van der Waals surface area contributed by atoms with E-state index in [0.29, 0.717) is 10.6 Å². The molecule has 6 heteroatoms. The lowest BCUT2D eigenvalue weighted by molar-refractivity contribution is 0.255. The zero-order valence-corrected chi connectivity index (χ0v) is 7.34. The molecule has 13 heavy (non-hydrogen) atoms. The van der Waals surface area contributed by atoms with E-state index in [1.807, 2.05) is 0 Å². The molecule has 0 bridgehead atoms. The topological polar surface area (TPSA) is 81.6 Å². The second-order valence-electron chi connectivity index (χ2n) is 2.60. The van der Waals surface area contributed by atoms with Gasteiger partial charge in [-0.15, -0.1) is 0 Å². The molecule has 0 unspecified atom stereocenters. The Bertz CT molecular complexity index is 367. The number of fused-ring (bicyclic) bond motifs is 1. The Morgan fingerprint density at radius 3 is 2.69 bits per heavy atom. The lowest BCUT2D eigenvalue weighted by Gasteiger charge is -2.37. The van der Waals surface area contributed by atoms with Crippen LogP contribution >= 0.6 is 10.8 Å². The first-order valence-electron chi connectivity index (χ1n) is 3.55. The molecule has 4 N–H and O–H groups in total. The minimum absolute atomic E-state index is 0.314.